The molecule has 1 rings (SSSR count). The molecule has 1 heterocycles. The molecule has 0 saturated heterocycles. The molecule has 3 atom stereocenters. The number of ketones is 1. The van der Waals surface area contributed by atoms with E-state index in [9.17, 15) is 9.59 Å². The van der Waals surface area contributed by atoms with Gasteiger partial charge >= 0.3 is 0 Å². The maximum absolute atomic E-state index is 12.2. The molecule has 1 aliphatic rings. The molecular weight excluding hydrogens is 360 g/mol. The standard InChI is InChI=1S/C21H34N2O2.2C2H6/c1-5-16(2)21(18(4)24)23-20(25)14-10-13-19-12-9-7-6-8-11-17(3)22-15-19;2*1-2/h7-9,11,15-17,21-22H,5-6,10,12-14H2,1-4H3,(H,23,25);2*1-2H3/b9-7-,11-8-,19-15+;;/t16-,17?,21?;;/m0../s1. The number of rotatable bonds is 8. The number of Topliss-reactive ketones (excluding diaryl/α,β-unsaturated/α-hetero) is 1. The summed E-state index contributed by atoms with van der Waals surface area (Å²) in [5.74, 6) is 0.182. The third-order valence-corrected chi connectivity index (χ3v) is 4.66. The molecule has 0 radical (unpaired) electrons. The molecule has 4 heteroatoms. The molecular formula is C25H46N2O2. The van der Waals surface area contributed by atoms with Crippen LogP contribution in [0.5, 0.6) is 0 Å². The molecule has 0 aromatic heterocycles. The van der Waals surface area contributed by atoms with Crippen LogP contribution in [0.25, 0.3) is 0 Å². The zero-order valence-corrected chi connectivity index (χ0v) is 20.2. The fourth-order valence-electron chi connectivity index (χ4n) is 2.83. The molecule has 2 unspecified atom stereocenters. The Kier molecular flexibility index (Phi) is 19.7. The highest BCUT2D eigenvalue weighted by Gasteiger charge is 2.22. The largest absolute Gasteiger partial charge is 0.385 e. The van der Waals surface area contributed by atoms with Gasteiger partial charge in [0.1, 0.15) is 0 Å². The Labute approximate surface area is 180 Å². The second-order valence-corrected chi connectivity index (χ2v) is 6.99. The van der Waals surface area contributed by atoms with Crippen LogP contribution < -0.4 is 10.6 Å². The number of hydrogen-bond donors (Lipinski definition) is 2. The number of carbonyl (C=O) groups excluding carboxylic acids is 2. The van der Waals surface area contributed by atoms with Crippen molar-refractivity contribution < 1.29 is 9.59 Å². The fourth-order valence-corrected chi connectivity index (χ4v) is 2.83. The monoisotopic (exact) mass is 406 g/mol. The highest BCUT2D eigenvalue weighted by molar-refractivity contribution is 5.87. The minimum Gasteiger partial charge on any atom is -0.385 e. The molecule has 0 spiro atoms. The highest BCUT2D eigenvalue weighted by Crippen LogP contribution is 2.14. The van der Waals surface area contributed by atoms with Crippen LogP contribution in [0.2, 0.25) is 0 Å². The quantitative estimate of drug-likeness (QED) is 0.479. The van der Waals surface area contributed by atoms with Crippen LogP contribution in [0.15, 0.2) is 36.1 Å². The number of amides is 1. The van der Waals surface area contributed by atoms with Gasteiger partial charge in [-0.05, 0) is 51.6 Å². The summed E-state index contributed by atoms with van der Waals surface area (Å²) in [6, 6.07) is -0.0423. The summed E-state index contributed by atoms with van der Waals surface area (Å²) in [6.07, 6.45) is 15.7. The van der Waals surface area contributed by atoms with Crippen molar-refractivity contribution in [2.24, 2.45) is 5.92 Å². The molecule has 29 heavy (non-hydrogen) atoms. The van der Waals surface area contributed by atoms with Crippen LogP contribution >= 0.6 is 0 Å². The van der Waals surface area contributed by atoms with E-state index in [1.807, 2.05) is 41.5 Å². The molecule has 0 saturated carbocycles. The van der Waals surface area contributed by atoms with Crippen molar-refractivity contribution in [2.45, 2.75) is 106 Å². The summed E-state index contributed by atoms with van der Waals surface area (Å²) in [7, 11) is 0. The Morgan fingerprint density at radius 1 is 1.17 bits per heavy atom. The maximum atomic E-state index is 12.2. The Bertz CT molecular complexity index is 521. The molecule has 2 N–H and O–H groups in total. The number of carbonyl (C=O) groups is 2. The lowest BCUT2D eigenvalue weighted by Crippen LogP contribution is -2.44. The number of hydrogen-bond acceptors (Lipinski definition) is 3. The molecule has 0 bridgehead atoms. The molecule has 0 fully saturated rings. The molecule has 168 valence electrons. The van der Waals surface area contributed by atoms with Gasteiger partial charge in [-0.1, -0.05) is 77.8 Å². The average Bonchev–Trinajstić information content (AvgIpc) is 2.74. The summed E-state index contributed by atoms with van der Waals surface area (Å²) in [6.45, 7) is 15.7. The van der Waals surface area contributed by atoms with E-state index in [1.54, 1.807) is 6.92 Å². The second-order valence-electron chi connectivity index (χ2n) is 6.99. The van der Waals surface area contributed by atoms with E-state index < -0.39 is 0 Å². The lowest BCUT2D eigenvalue weighted by atomic mass is 9.96. The van der Waals surface area contributed by atoms with Crippen LogP contribution in [-0.4, -0.2) is 23.8 Å². The van der Waals surface area contributed by atoms with E-state index >= 15 is 0 Å². The molecule has 0 aliphatic carbocycles. The Balaban J connectivity index is 0. The number of allylic oxidation sites excluding steroid dienone is 4. The van der Waals surface area contributed by atoms with Crippen molar-refractivity contribution >= 4 is 11.7 Å². The maximum Gasteiger partial charge on any atom is 0.220 e. The lowest BCUT2D eigenvalue weighted by molar-refractivity contribution is -0.128. The van der Waals surface area contributed by atoms with Crippen molar-refractivity contribution in [3.05, 3.63) is 36.1 Å². The molecule has 0 aromatic rings. The van der Waals surface area contributed by atoms with Crippen LogP contribution in [0, 0.1) is 5.92 Å². The van der Waals surface area contributed by atoms with E-state index in [-0.39, 0.29) is 23.7 Å². The summed E-state index contributed by atoms with van der Waals surface area (Å²) in [5, 5.41) is 6.29. The van der Waals surface area contributed by atoms with Gasteiger partial charge in [0.2, 0.25) is 5.91 Å². The van der Waals surface area contributed by atoms with Crippen molar-refractivity contribution in [3.8, 4) is 0 Å². The summed E-state index contributed by atoms with van der Waals surface area (Å²) in [4.78, 5) is 23.9. The van der Waals surface area contributed by atoms with Gasteiger partial charge in [-0.2, -0.15) is 0 Å². The summed E-state index contributed by atoms with van der Waals surface area (Å²) in [5.41, 5.74) is 1.30. The number of nitrogens with one attached hydrogen (secondary N) is 2. The van der Waals surface area contributed by atoms with Crippen LogP contribution in [-0.2, 0) is 9.59 Å². The average molecular weight is 407 g/mol. The van der Waals surface area contributed by atoms with E-state index in [0.29, 0.717) is 12.5 Å². The van der Waals surface area contributed by atoms with Gasteiger partial charge in [-0.25, -0.2) is 0 Å². The highest BCUT2D eigenvalue weighted by atomic mass is 16.2. The first-order valence-electron chi connectivity index (χ1n) is 11.5. The SMILES string of the molecule is CC.CC.CC[C@H](C)C(NC(=O)CCC/C1=C/NC(C)/C=C\C/C=C\C1)C(C)=O. The van der Waals surface area contributed by atoms with E-state index in [4.69, 9.17) is 0 Å². The van der Waals surface area contributed by atoms with Gasteiger partial charge in [-0.15, -0.1) is 0 Å². The first-order chi connectivity index (χ1) is 13.9. The van der Waals surface area contributed by atoms with E-state index in [0.717, 1.165) is 32.1 Å². The van der Waals surface area contributed by atoms with Gasteiger partial charge in [0, 0.05) is 12.5 Å². The first-order valence-corrected chi connectivity index (χ1v) is 11.5. The van der Waals surface area contributed by atoms with Crippen molar-refractivity contribution in [2.75, 3.05) is 0 Å². The molecule has 0 aromatic carbocycles. The Morgan fingerprint density at radius 2 is 1.83 bits per heavy atom. The van der Waals surface area contributed by atoms with E-state index in [2.05, 4.69) is 48.1 Å². The predicted octanol–water partition coefficient (Wildman–Crippen LogP) is 6.10. The fraction of sp³-hybridized carbons (Fsp3) is 0.680. The lowest BCUT2D eigenvalue weighted by Gasteiger charge is -2.21. The molecule has 4 nitrogen and oxygen atoms in total. The van der Waals surface area contributed by atoms with Crippen molar-refractivity contribution in [1.82, 2.24) is 10.6 Å². The van der Waals surface area contributed by atoms with Gasteiger partial charge in [0.15, 0.2) is 5.78 Å². The Hall–Kier alpha value is -1.84. The van der Waals surface area contributed by atoms with Crippen molar-refractivity contribution in [3.63, 3.8) is 0 Å². The zero-order valence-electron chi connectivity index (χ0n) is 20.2. The second kappa shape index (κ2) is 19.5. The third-order valence-electron chi connectivity index (χ3n) is 4.66. The minimum absolute atomic E-state index is 0.0271. The minimum atomic E-state index is -0.359. The zero-order chi connectivity index (χ0) is 22.7. The van der Waals surface area contributed by atoms with Crippen LogP contribution in [0.3, 0.4) is 0 Å². The van der Waals surface area contributed by atoms with Gasteiger partial charge in [0.25, 0.3) is 0 Å². The summed E-state index contributed by atoms with van der Waals surface area (Å²) >= 11 is 0. The topological polar surface area (TPSA) is 58.2 Å². The smallest absolute Gasteiger partial charge is 0.220 e. The van der Waals surface area contributed by atoms with Gasteiger partial charge < -0.3 is 10.6 Å². The van der Waals surface area contributed by atoms with Gasteiger partial charge in [0.05, 0.1) is 6.04 Å². The van der Waals surface area contributed by atoms with Crippen molar-refractivity contribution in [1.29, 1.82) is 0 Å². The molecule has 1 amide bonds. The predicted molar refractivity (Wildman–Crippen MR) is 127 cm³/mol. The van der Waals surface area contributed by atoms with E-state index in [1.165, 1.54) is 5.57 Å². The first kappa shape index (κ1) is 29.4. The summed E-state index contributed by atoms with van der Waals surface area (Å²) < 4.78 is 0. The normalized spacial score (nSPS) is 21.8. The van der Waals surface area contributed by atoms with Crippen LogP contribution in [0.4, 0.5) is 0 Å². The Morgan fingerprint density at radius 3 is 2.41 bits per heavy atom. The van der Waals surface area contributed by atoms with Crippen LogP contribution in [0.1, 0.15) is 93.9 Å². The molecule has 1 aliphatic heterocycles. The van der Waals surface area contributed by atoms with Gasteiger partial charge in [-0.3, -0.25) is 9.59 Å². The third kappa shape index (κ3) is 14.8.